The summed E-state index contributed by atoms with van der Waals surface area (Å²) >= 11 is 0. The number of amides is 1. The first-order chi connectivity index (χ1) is 11.2. The molecule has 2 rings (SSSR count). The van der Waals surface area contributed by atoms with Crippen molar-refractivity contribution >= 4 is 6.09 Å². The van der Waals surface area contributed by atoms with Gasteiger partial charge in [0, 0.05) is 25.2 Å². The quantitative estimate of drug-likeness (QED) is 0.890. The summed E-state index contributed by atoms with van der Waals surface area (Å²) in [5.41, 5.74) is 2.18. The number of hydrogen-bond acceptors (Lipinski definition) is 3. The van der Waals surface area contributed by atoms with Gasteiger partial charge in [-0.05, 0) is 59.4 Å². The molecule has 1 fully saturated rings. The highest BCUT2D eigenvalue weighted by Gasteiger charge is 2.25. The smallest absolute Gasteiger partial charge is 0.410 e. The van der Waals surface area contributed by atoms with E-state index in [1.165, 1.54) is 11.1 Å². The van der Waals surface area contributed by atoms with Crippen LogP contribution in [0, 0.1) is 6.92 Å². The Kier molecular flexibility index (Phi) is 6.27. The summed E-state index contributed by atoms with van der Waals surface area (Å²) in [6.45, 7) is 11.6. The number of rotatable bonds is 3. The molecular formula is C20H32N2O2. The van der Waals surface area contributed by atoms with Crippen molar-refractivity contribution in [1.29, 1.82) is 0 Å². The van der Waals surface area contributed by atoms with Crippen molar-refractivity contribution in [3.8, 4) is 0 Å². The lowest BCUT2D eigenvalue weighted by Crippen LogP contribution is -2.38. The van der Waals surface area contributed by atoms with E-state index in [2.05, 4.69) is 43.4 Å². The van der Waals surface area contributed by atoms with E-state index in [1.54, 1.807) is 0 Å². The lowest BCUT2D eigenvalue weighted by molar-refractivity contribution is 0.0256. The second-order valence-electron chi connectivity index (χ2n) is 7.90. The molecule has 0 saturated carbocycles. The van der Waals surface area contributed by atoms with Crippen LogP contribution in [0.15, 0.2) is 24.3 Å². The van der Waals surface area contributed by atoms with Crippen molar-refractivity contribution in [2.45, 2.75) is 71.6 Å². The predicted molar refractivity (Wildman–Crippen MR) is 98.2 cm³/mol. The number of hydrogen-bond donors (Lipinski definition) is 1. The maximum Gasteiger partial charge on any atom is 0.410 e. The van der Waals surface area contributed by atoms with Crippen LogP contribution in [0.25, 0.3) is 0 Å². The van der Waals surface area contributed by atoms with Gasteiger partial charge in [-0.2, -0.15) is 0 Å². The van der Waals surface area contributed by atoms with Crippen LogP contribution >= 0.6 is 0 Å². The van der Waals surface area contributed by atoms with Crippen LogP contribution in [0.4, 0.5) is 4.79 Å². The van der Waals surface area contributed by atoms with Crippen LogP contribution in [-0.2, 0) is 4.74 Å². The molecule has 1 aliphatic rings. The monoisotopic (exact) mass is 332 g/mol. The van der Waals surface area contributed by atoms with Gasteiger partial charge in [0.1, 0.15) is 5.60 Å². The van der Waals surface area contributed by atoms with E-state index < -0.39 is 5.60 Å². The van der Waals surface area contributed by atoms with E-state index in [9.17, 15) is 4.79 Å². The largest absolute Gasteiger partial charge is 0.444 e. The Balaban J connectivity index is 1.88. The summed E-state index contributed by atoms with van der Waals surface area (Å²) < 4.78 is 5.50. The molecule has 2 atom stereocenters. The molecule has 0 aliphatic carbocycles. The fourth-order valence-corrected chi connectivity index (χ4v) is 3.16. The molecule has 4 nitrogen and oxygen atoms in total. The number of nitrogens with zero attached hydrogens (tertiary/aromatic N) is 1. The summed E-state index contributed by atoms with van der Waals surface area (Å²) in [6, 6.07) is 9.41. The Hall–Kier alpha value is -1.55. The van der Waals surface area contributed by atoms with Gasteiger partial charge in [0.25, 0.3) is 0 Å². The Bertz CT molecular complexity index is 551. The molecule has 0 radical (unpaired) electrons. The number of carbonyl (C=O) groups is 1. The van der Waals surface area contributed by atoms with Crippen molar-refractivity contribution in [3.05, 3.63) is 35.4 Å². The number of benzene rings is 1. The average molecular weight is 332 g/mol. The molecule has 1 unspecified atom stereocenters. The fraction of sp³-hybridized carbons (Fsp3) is 0.650. The molecule has 1 N–H and O–H groups in total. The lowest BCUT2D eigenvalue weighted by atomic mass is 10.0. The fourth-order valence-electron chi connectivity index (χ4n) is 3.16. The van der Waals surface area contributed by atoms with Gasteiger partial charge < -0.3 is 15.0 Å². The zero-order valence-electron chi connectivity index (χ0n) is 15.8. The highest BCUT2D eigenvalue weighted by Crippen LogP contribution is 2.20. The standard InChI is InChI=1S/C20H32N2O2/c1-15-8-6-9-17(14-15)16(2)21-18-10-7-12-22(13-11-18)19(23)24-20(3,4)5/h6,8-9,14,16,18,21H,7,10-13H2,1-5H3/t16-,18?/m0/s1. The molecule has 0 bridgehead atoms. The van der Waals surface area contributed by atoms with Crippen molar-refractivity contribution in [2.75, 3.05) is 13.1 Å². The van der Waals surface area contributed by atoms with Gasteiger partial charge in [-0.3, -0.25) is 0 Å². The molecular weight excluding hydrogens is 300 g/mol. The minimum absolute atomic E-state index is 0.185. The third-order valence-electron chi connectivity index (χ3n) is 4.41. The van der Waals surface area contributed by atoms with Crippen molar-refractivity contribution < 1.29 is 9.53 Å². The van der Waals surface area contributed by atoms with Crippen LogP contribution in [0.3, 0.4) is 0 Å². The first-order valence-corrected chi connectivity index (χ1v) is 9.05. The van der Waals surface area contributed by atoms with E-state index in [4.69, 9.17) is 4.74 Å². The zero-order valence-corrected chi connectivity index (χ0v) is 15.8. The molecule has 134 valence electrons. The minimum Gasteiger partial charge on any atom is -0.444 e. The topological polar surface area (TPSA) is 41.6 Å². The molecule has 1 aromatic rings. The summed E-state index contributed by atoms with van der Waals surface area (Å²) in [4.78, 5) is 14.1. The van der Waals surface area contributed by atoms with E-state index in [-0.39, 0.29) is 6.09 Å². The van der Waals surface area contributed by atoms with Gasteiger partial charge in [0.2, 0.25) is 0 Å². The van der Waals surface area contributed by atoms with Gasteiger partial charge >= 0.3 is 6.09 Å². The molecule has 0 aromatic heterocycles. The van der Waals surface area contributed by atoms with Crippen LogP contribution in [0.2, 0.25) is 0 Å². The maximum atomic E-state index is 12.2. The third-order valence-corrected chi connectivity index (χ3v) is 4.41. The van der Waals surface area contributed by atoms with Crippen LogP contribution in [-0.4, -0.2) is 35.7 Å². The first-order valence-electron chi connectivity index (χ1n) is 9.05. The second kappa shape index (κ2) is 8.02. The van der Waals surface area contributed by atoms with E-state index in [0.717, 1.165) is 32.4 Å². The Labute approximate surface area is 146 Å². The number of aryl methyl sites for hydroxylation is 1. The van der Waals surface area contributed by atoms with Crippen molar-refractivity contribution in [3.63, 3.8) is 0 Å². The molecule has 1 aromatic carbocycles. The van der Waals surface area contributed by atoms with Crippen LogP contribution < -0.4 is 5.32 Å². The molecule has 24 heavy (non-hydrogen) atoms. The van der Waals surface area contributed by atoms with Gasteiger partial charge in [-0.25, -0.2) is 4.79 Å². The number of likely N-dealkylation sites (tertiary alicyclic amines) is 1. The minimum atomic E-state index is -0.430. The van der Waals surface area contributed by atoms with Gasteiger partial charge in [0.05, 0.1) is 0 Å². The first kappa shape index (κ1) is 18.8. The maximum absolute atomic E-state index is 12.2. The molecule has 1 heterocycles. The van der Waals surface area contributed by atoms with E-state index >= 15 is 0 Å². The highest BCUT2D eigenvalue weighted by molar-refractivity contribution is 5.68. The normalized spacial score (nSPS) is 20.4. The van der Waals surface area contributed by atoms with Crippen LogP contribution in [0.1, 0.15) is 64.1 Å². The summed E-state index contributed by atoms with van der Waals surface area (Å²) in [7, 11) is 0. The molecule has 0 spiro atoms. The molecule has 1 amide bonds. The lowest BCUT2D eigenvalue weighted by Gasteiger charge is -2.26. The Morgan fingerprint density at radius 2 is 2.04 bits per heavy atom. The average Bonchev–Trinajstić information content (AvgIpc) is 2.71. The number of carbonyl (C=O) groups excluding carboxylic acids is 1. The van der Waals surface area contributed by atoms with Gasteiger partial charge in [-0.15, -0.1) is 0 Å². The second-order valence-corrected chi connectivity index (χ2v) is 7.90. The van der Waals surface area contributed by atoms with Crippen LogP contribution in [0.5, 0.6) is 0 Å². The third kappa shape index (κ3) is 5.82. The van der Waals surface area contributed by atoms with Gasteiger partial charge in [0.15, 0.2) is 0 Å². The van der Waals surface area contributed by atoms with Crippen molar-refractivity contribution in [2.24, 2.45) is 0 Å². The molecule has 1 aliphatic heterocycles. The van der Waals surface area contributed by atoms with Gasteiger partial charge in [-0.1, -0.05) is 29.8 Å². The Morgan fingerprint density at radius 1 is 1.29 bits per heavy atom. The molecule has 1 saturated heterocycles. The van der Waals surface area contributed by atoms with E-state index in [0.29, 0.717) is 12.1 Å². The highest BCUT2D eigenvalue weighted by atomic mass is 16.6. The summed E-state index contributed by atoms with van der Waals surface area (Å²) in [6.07, 6.45) is 2.89. The summed E-state index contributed by atoms with van der Waals surface area (Å²) in [5.74, 6) is 0. The SMILES string of the molecule is Cc1cccc([C@H](C)NC2CCCN(C(=O)OC(C)(C)C)CC2)c1. The van der Waals surface area contributed by atoms with E-state index in [1.807, 2.05) is 25.7 Å². The number of ether oxygens (including phenoxy) is 1. The Morgan fingerprint density at radius 3 is 2.71 bits per heavy atom. The van der Waals surface area contributed by atoms with Crippen molar-refractivity contribution in [1.82, 2.24) is 10.2 Å². The predicted octanol–water partition coefficient (Wildman–Crippen LogP) is 4.44. The molecule has 4 heteroatoms. The zero-order chi connectivity index (χ0) is 17.7. The summed E-state index contributed by atoms with van der Waals surface area (Å²) in [5, 5.41) is 3.73. The number of nitrogens with one attached hydrogen (secondary N) is 1.